The van der Waals surface area contributed by atoms with E-state index in [0.29, 0.717) is 24.6 Å². The summed E-state index contributed by atoms with van der Waals surface area (Å²) in [5.74, 6) is 0.309. The van der Waals surface area contributed by atoms with Crippen molar-refractivity contribution in [1.82, 2.24) is 10.5 Å². The Kier molecular flexibility index (Phi) is 5.15. The molecule has 1 aliphatic rings. The molecule has 0 aromatic carbocycles. The molecule has 0 unspecified atom stereocenters. The third-order valence-electron chi connectivity index (χ3n) is 3.34. The lowest BCUT2D eigenvalue weighted by molar-refractivity contribution is -0.137. The highest BCUT2D eigenvalue weighted by Crippen LogP contribution is 2.40. The molecule has 1 aromatic heterocycles. The molecule has 6 nitrogen and oxygen atoms in total. The van der Waals surface area contributed by atoms with E-state index < -0.39 is 5.97 Å². The fourth-order valence-corrected chi connectivity index (χ4v) is 2.00. The normalized spacial score (nSPS) is 14.2. The van der Waals surface area contributed by atoms with Gasteiger partial charge in [-0.05, 0) is 25.7 Å². The molecule has 1 fully saturated rings. The number of aliphatic carboxylic acids is 1. The van der Waals surface area contributed by atoms with Crippen LogP contribution >= 0.6 is 0 Å². The molecule has 20 heavy (non-hydrogen) atoms. The van der Waals surface area contributed by atoms with Crippen molar-refractivity contribution in [3.8, 4) is 0 Å². The highest BCUT2D eigenvalue weighted by molar-refractivity contribution is 5.92. The second kappa shape index (κ2) is 7.07. The molecule has 2 rings (SSSR count). The van der Waals surface area contributed by atoms with Gasteiger partial charge in [0.25, 0.3) is 5.91 Å². The predicted octanol–water partition coefficient (Wildman–Crippen LogP) is 2.32. The SMILES string of the molecule is O=C(O)CCCCCCNC(=O)c1cc(C2CC2)on1. The van der Waals surface area contributed by atoms with Gasteiger partial charge >= 0.3 is 5.97 Å². The summed E-state index contributed by atoms with van der Waals surface area (Å²) in [6, 6.07) is 1.72. The van der Waals surface area contributed by atoms with Crippen molar-refractivity contribution < 1.29 is 19.2 Å². The molecule has 110 valence electrons. The molecule has 1 heterocycles. The van der Waals surface area contributed by atoms with Crippen LogP contribution in [0.4, 0.5) is 0 Å². The zero-order chi connectivity index (χ0) is 14.4. The number of hydrogen-bond acceptors (Lipinski definition) is 4. The van der Waals surface area contributed by atoms with Crippen LogP contribution in [0.15, 0.2) is 10.6 Å². The first-order valence-corrected chi connectivity index (χ1v) is 7.13. The number of nitrogens with one attached hydrogen (secondary N) is 1. The molecule has 0 aliphatic heterocycles. The number of carboxylic acids is 1. The van der Waals surface area contributed by atoms with E-state index in [1.807, 2.05) is 0 Å². The van der Waals surface area contributed by atoms with Gasteiger partial charge in [-0.25, -0.2) is 0 Å². The molecule has 0 spiro atoms. The molecular weight excluding hydrogens is 260 g/mol. The van der Waals surface area contributed by atoms with E-state index in [2.05, 4.69) is 10.5 Å². The molecule has 0 radical (unpaired) electrons. The Labute approximate surface area is 117 Å². The molecule has 1 amide bonds. The summed E-state index contributed by atoms with van der Waals surface area (Å²) >= 11 is 0. The van der Waals surface area contributed by atoms with Gasteiger partial charge in [0.15, 0.2) is 5.69 Å². The van der Waals surface area contributed by atoms with Crippen LogP contribution in [0, 0.1) is 0 Å². The van der Waals surface area contributed by atoms with E-state index in [1.54, 1.807) is 6.07 Å². The van der Waals surface area contributed by atoms with E-state index in [-0.39, 0.29) is 12.3 Å². The number of hydrogen-bond donors (Lipinski definition) is 2. The minimum Gasteiger partial charge on any atom is -0.481 e. The first kappa shape index (κ1) is 14.6. The minimum absolute atomic E-state index is 0.203. The van der Waals surface area contributed by atoms with Gasteiger partial charge in [0.05, 0.1) is 0 Å². The number of unbranched alkanes of at least 4 members (excludes halogenated alkanes) is 3. The van der Waals surface area contributed by atoms with Gasteiger partial charge in [0.1, 0.15) is 5.76 Å². The smallest absolute Gasteiger partial charge is 0.303 e. The maximum atomic E-state index is 11.8. The van der Waals surface area contributed by atoms with Crippen molar-refractivity contribution >= 4 is 11.9 Å². The first-order chi connectivity index (χ1) is 9.66. The molecule has 0 bridgehead atoms. The molecule has 1 aromatic rings. The van der Waals surface area contributed by atoms with E-state index in [9.17, 15) is 9.59 Å². The molecule has 1 saturated carbocycles. The van der Waals surface area contributed by atoms with Crippen LogP contribution in [-0.4, -0.2) is 28.7 Å². The summed E-state index contributed by atoms with van der Waals surface area (Å²) in [5.41, 5.74) is 0.345. The summed E-state index contributed by atoms with van der Waals surface area (Å²) in [6.07, 6.45) is 5.78. The summed E-state index contributed by atoms with van der Waals surface area (Å²) in [6.45, 7) is 0.581. The lowest BCUT2D eigenvalue weighted by Crippen LogP contribution is -2.24. The Morgan fingerprint density at radius 1 is 1.30 bits per heavy atom. The highest BCUT2D eigenvalue weighted by atomic mass is 16.5. The fraction of sp³-hybridized carbons (Fsp3) is 0.643. The van der Waals surface area contributed by atoms with E-state index in [0.717, 1.165) is 37.9 Å². The molecular formula is C14H20N2O4. The summed E-state index contributed by atoms with van der Waals surface area (Å²) < 4.78 is 5.13. The quantitative estimate of drug-likeness (QED) is 0.677. The van der Waals surface area contributed by atoms with E-state index >= 15 is 0 Å². The maximum absolute atomic E-state index is 11.8. The number of nitrogens with zero attached hydrogens (tertiary/aromatic N) is 1. The fourth-order valence-electron chi connectivity index (χ4n) is 2.00. The first-order valence-electron chi connectivity index (χ1n) is 7.13. The van der Waals surface area contributed by atoms with Gasteiger partial charge in [0.2, 0.25) is 0 Å². The maximum Gasteiger partial charge on any atom is 0.303 e. The van der Waals surface area contributed by atoms with Crippen molar-refractivity contribution in [2.24, 2.45) is 0 Å². The largest absolute Gasteiger partial charge is 0.481 e. The third-order valence-corrected chi connectivity index (χ3v) is 3.34. The van der Waals surface area contributed by atoms with Crippen molar-refractivity contribution in [2.45, 2.75) is 50.9 Å². The van der Waals surface area contributed by atoms with Crippen molar-refractivity contribution in [3.63, 3.8) is 0 Å². The summed E-state index contributed by atoms with van der Waals surface area (Å²) in [5, 5.41) is 15.1. The van der Waals surface area contributed by atoms with Crippen molar-refractivity contribution in [3.05, 3.63) is 17.5 Å². The van der Waals surface area contributed by atoms with Crippen LogP contribution in [0.5, 0.6) is 0 Å². The molecule has 1 aliphatic carbocycles. The Morgan fingerprint density at radius 2 is 2.05 bits per heavy atom. The monoisotopic (exact) mass is 280 g/mol. The topological polar surface area (TPSA) is 92.4 Å². The van der Waals surface area contributed by atoms with Gasteiger partial charge < -0.3 is 14.9 Å². The Bertz CT molecular complexity index is 465. The lowest BCUT2D eigenvalue weighted by atomic mass is 10.1. The van der Waals surface area contributed by atoms with E-state index in [4.69, 9.17) is 9.63 Å². The number of carbonyl (C=O) groups excluding carboxylic acids is 1. The average Bonchev–Trinajstić information content (AvgIpc) is 3.14. The van der Waals surface area contributed by atoms with Crippen LogP contribution in [0.1, 0.15) is 67.1 Å². The van der Waals surface area contributed by atoms with E-state index in [1.165, 1.54) is 0 Å². The van der Waals surface area contributed by atoms with Crippen LogP contribution in [-0.2, 0) is 4.79 Å². The van der Waals surface area contributed by atoms with Crippen LogP contribution in [0.3, 0.4) is 0 Å². The summed E-state index contributed by atoms with van der Waals surface area (Å²) in [4.78, 5) is 22.1. The zero-order valence-electron chi connectivity index (χ0n) is 11.4. The second-order valence-electron chi connectivity index (χ2n) is 5.20. The standard InChI is InChI=1S/C14H20N2O4/c17-13(18)5-3-1-2-4-8-15-14(19)11-9-12(20-16-11)10-6-7-10/h9-10H,1-8H2,(H,15,19)(H,17,18). The Hall–Kier alpha value is -1.85. The number of rotatable bonds is 9. The second-order valence-corrected chi connectivity index (χ2v) is 5.20. The zero-order valence-corrected chi connectivity index (χ0v) is 11.4. The molecule has 6 heteroatoms. The van der Waals surface area contributed by atoms with Crippen LogP contribution in [0.25, 0.3) is 0 Å². The van der Waals surface area contributed by atoms with Crippen molar-refractivity contribution in [2.75, 3.05) is 6.54 Å². The van der Waals surface area contributed by atoms with Gasteiger partial charge in [-0.3, -0.25) is 9.59 Å². The average molecular weight is 280 g/mol. The molecule has 2 N–H and O–H groups in total. The summed E-state index contributed by atoms with van der Waals surface area (Å²) in [7, 11) is 0. The number of carbonyl (C=O) groups is 2. The predicted molar refractivity (Wildman–Crippen MR) is 71.5 cm³/mol. The van der Waals surface area contributed by atoms with Gasteiger partial charge in [-0.2, -0.15) is 0 Å². The number of carboxylic acid groups (broad SMARTS) is 1. The van der Waals surface area contributed by atoms with Gasteiger partial charge in [0, 0.05) is 24.9 Å². The molecule has 0 atom stereocenters. The Morgan fingerprint density at radius 3 is 2.75 bits per heavy atom. The van der Waals surface area contributed by atoms with Crippen molar-refractivity contribution in [1.29, 1.82) is 0 Å². The van der Waals surface area contributed by atoms with Crippen LogP contribution < -0.4 is 5.32 Å². The lowest BCUT2D eigenvalue weighted by Gasteiger charge is -2.02. The Balaban J connectivity index is 1.56. The minimum atomic E-state index is -0.754. The van der Waals surface area contributed by atoms with Crippen LogP contribution in [0.2, 0.25) is 0 Å². The number of amides is 1. The van der Waals surface area contributed by atoms with Gasteiger partial charge in [-0.1, -0.05) is 18.0 Å². The highest BCUT2D eigenvalue weighted by Gasteiger charge is 2.28. The molecule has 0 saturated heterocycles. The third kappa shape index (κ3) is 4.68. The number of aromatic nitrogens is 1. The van der Waals surface area contributed by atoms with Gasteiger partial charge in [-0.15, -0.1) is 0 Å².